The summed E-state index contributed by atoms with van der Waals surface area (Å²) in [5.74, 6) is 0. The third-order valence-electron chi connectivity index (χ3n) is 3.79. The summed E-state index contributed by atoms with van der Waals surface area (Å²) in [5, 5.41) is 10.3. The standard InChI is InChI=1S/C14H25NO3/c1-7-14(5,17)10-13(4)9-8-12(2,3)15(13)11(16)18-6/h8-9,17H,7,10H2,1-6H3/t13-,14?/m0/s1. The number of nitrogens with zero attached hydrogens (tertiary/aromatic N) is 1. The highest BCUT2D eigenvalue weighted by molar-refractivity contribution is 5.71. The minimum Gasteiger partial charge on any atom is -0.453 e. The number of rotatable bonds is 3. The maximum atomic E-state index is 12.0. The lowest BCUT2D eigenvalue weighted by atomic mass is 9.84. The van der Waals surface area contributed by atoms with Gasteiger partial charge in [-0.05, 0) is 34.1 Å². The van der Waals surface area contributed by atoms with Gasteiger partial charge in [-0.15, -0.1) is 0 Å². The monoisotopic (exact) mass is 255 g/mol. The average Bonchev–Trinajstić information content (AvgIpc) is 2.48. The average molecular weight is 255 g/mol. The molecule has 1 aliphatic rings. The van der Waals surface area contributed by atoms with Gasteiger partial charge in [-0.2, -0.15) is 0 Å². The Labute approximate surface area is 110 Å². The summed E-state index contributed by atoms with van der Waals surface area (Å²) in [6, 6.07) is 0. The molecule has 0 fully saturated rings. The summed E-state index contributed by atoms with van der Waals surface area (Å²) in [5.41, 5.74) is -1.71. The summed E-state index contributed by atoms with van der Waals surface area (Å²) < 4.78 is 4.88. The molecule has 2 atom stereocenters. The molecule has 0 saturated heterocycles. The molecule has 1 heterocycles. The van der Waals surface area contributed by atoms with E-state index in [4.69, 9.17) is 4.74 Å². The molecule has 0 saturated carbocycles. The first-order chi connectivity index (χ1) is 8.08. The molecule has 1 aliphatic heterocycles. The molecule has 1 rings (SSSR count). The van der Waals surface area contributed by atoms with Crippen molar-refractivity contribution in [1.82, 2.24) is 4.90 Å². The van der Waals surface area contributed by atoms with Gasteiger partial charge in [0.1, 0.15) is 0 Å². The molecule has 1 amide bonds. The van der Waals surface area contributed by atoms with Crippen LogP contribution >= 0.6 is 0 Å². The van der Waals surface area contributed by atoms with Gasteiger partial charge in [-0.3, -0.25) is 4.90 Å². The van der Waals surface area contributed by atoms with Crippen LogP contribution in [0.2, 0.25) is 0 Å². The molecule has 18 heavy (non-hydrogen) atoms. The number of hydrogen-bond acceptors (Lipinski definition) is 3. The zero-order valence-corrected chi connectivity index (χ0v) is 12.3. The fraction of sp³-hybridized carbons (Fsp3) is 0.786. The van der Waals surface area contributed by atoms with Gasteiger partial charge < -0.3 is 9.84 Å². The Hall–Kier alpha value is -1.03. The van der Waals surface area contributed by atoms with Crippen molar-refractivity contribution in [2.75, 3.05) is 7.11 Å². The second-order valence-electron chi connectivity index (χ2n) is 6.18. The van der Waals surface area contributed by atoms with E-state index in [-0.39, 0.29) is 6.09 Å². The van der Waals surface area contributed by atoms with Crippen LogP contribution in [0.25, 0.3) is 0 Å². The van der Waals surface area contributed by atoms with Crippen LogP contribution in [0.15, 0.2) is 12.2 Å². The van der Waals surface area contributed by atoms with Crippen molar-refractivity contribution in [2.24, 2.45) is 0 Å². The number of hydrogen-bond donors (Lipinski definition) is 1. The molecule has 0 aromatic carbocycles. The lowest BCUT2D eigenvalue weighted by Crippen LogP contribution is -2.56. The van der Waals surface area contributed by atoms with E-state index in [2.05, 4.69) is 0 Å². The SMILES string of the molecule is CCC(C)(O)C[C@]1(C)C=CC(C)(C)N1C(=O)OC. The van der Waals surface area contributed by atoms with E-state index in [9.17, 15) is 9.90 Å². The summed E-state index contributed by atoms with van der Waals surface area (Å²) in [7, 11) is 1.38. The Balaban J connectivity index is 3.06. The van der Waals surface area contributed by atoms with E-state index in [1.807, 2.05) is 39.8 Å². The number of amides is 1. The van der Waals surface area contributed by atoms with Crippen molar-refractivity contribution in [3.63, 3.8) is 0 Å². The topological polar surface area (TPSA) is 49.8 Å². The van der Waals surface area contributed by atoms with Crippen molar-refractivity contribution >= 4 is 6.09 Å². The highest BCUT2D eigenvalue weighted by Crippen LogP contribution is 2.40. The zero-order chi connectivity index (χ0) is 14.2. The van der Waals surface area contributed by atoms with Crippen molar-refractivity contribution < 1.29 is 14.6 Å². The summed E-state index contributed by atoms with van der Waals surface area (Å²) in [6.07, 6.45) is 4.76. The molecule has 0 radical (unpaired) electrons. The number of methoxy groups -OCH3 is 1. The summed E-state index contributed by atoms with van der Waals surface area (Å²) >= 11 is 0. The minimum atomic E-state index is -0.800. The Morgan fingerprint density at radius 2 is 1.94 bits per heavy atom. The predicted molar refractivity (Wildman–Crippen MR) is 71.4 cm³/mol. The molecular formula is C14H25NO3. The summed E-state index contributed by atoms with van der Waals surface area (Å²) in [4.78, 5) is 13.7. The van der Waals surface area contributed by atoms with Crippen LogP contribution < -0.4 is 0 Å². The fourth-order valence-corrected chi connectivity index (χ4v) is 2.76. The third kappa shape index (κ3) is 2.69. The second-order valence-corrected chi connectivity index (χ2v) is 6.18. The van der Waals surface area contributed by atoms with Crippen LogP contribution in [0.1, 0.15) is 47.5 Å². The molecule has 0 aliphatic carbocycles. The number of ether oxygens (including phenoxy) is 1. The fourth-order valence-electron chi connectivity index (χ4n) is 2.76. The van der Waals surface area contributed by atoms with Gasteiger partial charge in [0.15, 0.2) is 0 Å². The molecule has 0 aromatic heterocycles. The van der Waals surface area contributed by atoms with Crippen LogP contribution in [-0.4, -0.2) is 39.9 Å². The Morgan fingerprint density at radius 1 is 1.39 bits per heavy atom. The molecule has 0 spiro atoms. The molecular weight excluding hydrogens is 230 g/mol. The first-order valence-electron chi connectivity index (χ1n) is 6.39. The van der Waals surface area contributed by atoms with E-state index in [1.54, 1.807) is 11.8 Å². The van der Waals surface area contributed by atoms with Crippen LogP contribution in [-0.2, 0) is 4.74 Å². The van der Waals surface area contributed by atoms with Crippen LogP contribution in [0, 0.1) is 0 Å². The third-order valence-corrected chi connectivity index (χ3v) is 3.79. The zero-order valence-electron chi connectivity index (χ0n) is 12.3. The van der Waals surface area contributed by atoms with Gasteiger partial charge in [0.25, 0.3) is 0 Å². The van der Waals surface area contributed by atoms with E-state index < -0.39 is 16.7 Å². The largest absolute Gasteiger partial charge is 0.453 e. The van der Waals surface area contributed by atoms with Gasteiger partial charge in [0.2, 0.25) is 0 Å². The smallest absolute Gasteiger partial charge is 0.410 e. The van der Waals surface area contributed by atoms with Crippen molar-refractivity contribution in [3.8, 4) is 0 Å². The van der Waals surface area contributed by atoms with Crippen LogP contribution in [0.4, 0.5) is 4.79 Å². The molecule has 4 heteroatoms. The highest BCUT2D eigenvalue weighted by atomic mass is 16.5. The Bertz CT molecular complexity index is 360. The van der Waals surface area contributed by atoms with Crippen molar-refractivity contribution in [3.05, 3.63) is 12.2 Å². The van der Waals surface area contributed by atoms with E-state index in [1.165, 1.54) is 7.11 Å². The molecule has 0 aromatic rings. The highest BCUT2D eigenvalue weighted by Gasteiger charge is 2.49. The maximum Gasteiger partial charge on any atom is 0.410 e. The lowest BCUT2D eigenvalue weighted by Gasteiger charge is -2.44. The quantitative estimate of drug-likeness (QED) is 0.789. The molecule has 0 bridgehead atoms. The predicted octanol–water partition coefficient (Wildman–Crippen LogP) is 2.71. The number of carbonyl (C=O) groups is 1. The lowest BCUT2D eigenvalue weighted by molar-refractivity contribution is -0.0129. The number of aliphatic hydroxyl groups is 1. The maximum absolute atomic E-state index is 12.0. The summed E-state index contributed by atoms with van der Waals surface area (Å²) in [6.45, 7) is 9.63. The molecule has 1 N–H and O–H groups in total. The normalized spacial score (nSPS) is 29.2. The Kier molecular flexibility index (Phi) is 3.82. The van der Waals surface area contributed by atoms with Crippen LogP contribution in [0.3, 0.4) is 0 Å². The minimum absolute atomic E-state index is 0.362. The van der Waals surface area contributed by atoms with Gasteiger partial charge >= 0.3 is 6.09 Å². The van der Waals surface area contributed by atoms with E-state index in [0.29, 0.717) is 12.8 Å². The van der Waals surface area contributed by atoms with Crippen LogP contribution in [0.5, 0.6) is 0 Å². The van der Waals surface area contributed by atoms with E-state index >= 15 is 0 Å². The van der Waals surface area contributed by atoms with E-state index in [0.717, 1.165) is 0 Å². The Morgan fingerprint density at radius 3 is 2.39 bits per heavy atom. The first-order valence-corrected chi connectivity index (χ1v) is 6.39. The van der Waals surface area contributed by atoms with Crippen molar-refractivity contribution in [2.45, 2.75) is 64.1 Å². The second kappa shape index (κ2) is 4.57. The van der Waals surface area contributed by atoms with Gasteiger partial charge in [0, 0.05) is 6.42 Å². The van der Waals surface area contributed by atoms with Gasteiger partial charge in [-0.1, -0.05) is 19.1 Å². The molecule has 1 unspecified atom stereocenters. The van der Waals surface area contributed by atoms with Gasteiger partial charge in [0.05, 0.1) is 23.8 Å². The number of carbonyl (C=O) groups excluding carboxylic acids is 1. The molecule has 4 nitrogen and oxygen atoms in total. The first kappa shape index (κ1) is 15.0. The van der Waals surface area contributed by atoms with Crippen molar-refractivity contribution in [1.29, 1.82) is 0 Å². The molecule has 104 valence electrons. The van der Waals surface area contributed by atoms with Gasteiger partial charge in [-0.25, -0.2) is 4.79 Å².